The van der Waals surface area contributed by atoms with Gasteiger partial charge >= 0.3 is 0 Å². The van der Waals surface area contributed by atoms with Gasteiger partial charge in [-0.1, -0.05) is 11.6 Å². The van der Waals surface area contributed by atoms with Crippen molar-refractivity contribution in [3.63, 3.8) is 0 Å². The van der Waals surface area contributed by atoms with Gasteiger partial charge in [0.05, 0.1) is 12.8 Å². The maximum Gasteiger partial charge on any atom is 0.290 e. The third-order valence-corrected chi connectivity index (χ3v) is 3.27. The summed E-state index contributed by atoms with van der Waals surface area (Å²) in [6.07, 6.45) is 1.40. The molecule has 3 N–H and O–H groups in total. The standard InChI is InChI=1S/C15H16ClN3O3/c1-19(15(21)14-10(8-17)6-7-22-14)9-13(20)18-12-4-2-11(16)3-5-12/h2-7H,8-9,17H2,1H3,(H,18,20). The first-order valence-corrected chi connectivity index (χ1v) is 6.96. The summed E-state index contributed by atoms with van der Waals surface area (Å²) in [7, 11) is 1.52. The number of rotatable bonds is 5. The summed E-state index contributed by atoms with van der Waals surface area (Å²) >= 11 is 5.77. The molecule has 0 bridgehead atoms. The van der Waals surface area contributed by atoms with E-state index in [4.69, 9.17) is 21.8 Å². The predicted octanol–water partition coefficient (Wildman–Crippen LogP) is 2.10. The van der Waals surface area contributed by atoms with Gasteiger partial charge in [-0.05, 0) is 30.3 Å². The van der Waals surface area contributed by atoms with Gasteiger partial charge < -0.3 is 20.4 Å². The van der Waals surface area contributed by atoms with Crippen LogP contribution in [0.25, 0.3) is 0 Å². The molecular weight excluding hydrogens is 306 g/mol. The molecule has 116 valence electrons. The normalized spacial score (nSPS) is 10.3. The maximum absolute atomic E-state index is 12.2. The highest BCUT2D eigenvalue weighted by Gasteiger charge is 2.20. The van der Waals surface area contributed by atoms with E-state index in [0.717, 1.165) is 0 Å². The topological polar surface area (TPSA) is 88.6 Å². The van der Waals surface area contributed by atoms with Crippen molar-refractivity contribution in [3.05, 3.63) is 52.9 Å². The summed E-state index contributed by atoms with van der Waals surface area (Å²) < 4.78 is 5.13. The van der Waals surface area contributed by atoms with Crippen LogP contribution in [0.2, 0.25) is 5.02 Å². The molecule has 0 saturated carbocycles. The lowest BCUT2D eigenvalue weighted by atomic mass is 10.2. The quantitative estimate of drug-likeness (QED) is 0.882. The van der Waals surface area contributed by atoms with Crippen LogP contribution >= 0.6 is 11.6 Å². The molecule has 22 heavy (non-hydrogen) atoms. The number of hydrogen-bond acceptors (Lipinski definition) is 4. The van der Waals surface area contributed by atoms with Gasteiger partial charge in [0.15, 0.2) is 5.76 Å². The Morgan fingerprint density at radius 2 is 1.95 bits per heavy atom. The number of benzene rings is 1. The van der Waals surface area contributed by atoms with E-state index in [-0.39, 0.29) is 24.8 Å². The van der Waals surface area contributed by atoms with Gasteiger partial charge in [0, 0.05) is 29.9 Å². The summed E-state index contributed by atoms with van der Waals surface area (Å²) in [6, 6.07) is 8.34. The van der Waals surface area contributed by atoms with Crippen LogP contribution in [0, 0.1) is 0 Å². The average Bonchev–Trinajstić information content (AvgIpc) is 2.97. The van der Waals surface area contributed by atoms with Crippen molar-refractivity contribution in [1.82, 2.24) is 4.90 Å². The average molecular weight is 322 g/mol. The van der Waals surface area contributed by atoms with Crippen LogP contribution in [-0.4, -0.2) is 30.3 Å². The molecule has 7 heteroatoms. The van der Waals surface area contributed by atoms with Gasteiger partial charge in [-0.3, -0.25) is 9.59 Å². The Balaban J connectivity index is 1.96. The smallest absolute Gasteiger partial charge is 0.290 e. The SMILES string of the molecule is CN(CC(=O)Nc1ccc(Cl)cc1)C(=O)c1occc1CN. The minimum atomic E-state index is -0.392. The number of likely N-dealkylation sites (N-methyl/N-ethyl adjacent to an activating group) is 1. The van der Waals surface area contributed by atoms with Crippen molar-refractivity contribution in [3.8, 4) is 0 Å². The van der Waals surface area contributed by atoms with E-state index in [0.29, 0.717) is 16.3 Å². The molecule has 1 aromatic heterocycles. The minimum Gasteiger partial charge on any atom is -0.459 e. The van der Waals surface area contributed by atoms with E-state index in [1.165, 1.54) is 18.2 Å². The zero-order chi connectivity index (χ0) is 16.1. The van der Waals surface area contributed by atoms with Gasteiger partial charge in [0.25, 0.3) is 5.91 Å². The Labute approximate surface area is 132 Å². The fraction of sp³-hybridized carbons (Fsp3) is 0.200. The van der Waals surface area contributed by atoms with E-state index < -0.39 is 5.91 Å². The highest BCUT2D eigenvalue weighted by molar-refractivity contribution is 6.30. The largest absolute Gasteiger partial charge is 0.459 e. The fourth-order valence-corrected chi connectivity index (χ4v) is 2.00. The monoisotopic (exact) mass is 321 g/mol. The predicted molar refractivity (Wildman–Crippen MR) is 83.6 cm³/mol. The number of carbonyl (C=O) groups excluding carboxylic acids is 2. The fourth-order valence-electron chi connectivity index (χ4n) is 1.88. The molecule has 0 aliphatic rings. The van der Waals surface area contributed by atoms with Crippen LogP contribution < -0.4 is 11.1 Å². The van der Waals surface area contributed by atoms with Crippen LogP contribution in [0.3, 0.4) is 0 Å². The van der Waals surface area contributed by atoms with Crippen LogP contribution in [0.1, 0.15) is 16.1 Å². The number of hydrogen-bond donors (Lipinski definition) is 2. The summed E-state index contributed by atoms with van der Waals surface area (Å²) in [6.45, 7) is 0.0918. The highest BCUT2D eigenvalue weighted by atomic mass is 35.5. The van der Waals surface area contributed by atoms with Gasteiger partial charge in [0.2, 0.25) is 5.91 Å². The third kappa shape index (κ3) is 3.87. The lowest BCUT2D eigenvalue weighted by Gasteiger charge is -2.16. The molecule has 0 radical (unpaired) electrons. The molecule has 2 rings (SSSR count). The zero-order valence-electron chi connectivity index (χ0n) is 12.0. The molecule has 0 unspecified atom stereocenters. The van der Waals surface area contributed by atoms with E-state index >= 15 is 0 Å². The molecular formula is C15H16ClN3O3. The van der Waals surface area contributed by atoms with Crippen molar-refractivity contribution in [1.29, 1.82) is 0 Å². The van der Waals surface area contributed by atoms with E-state index in [1.54, 1.807) is 30.3 Å². The molecule has 1 aromatic carbocycles. The summed E-state index contributed by atoms with van der Waals surface area (Å²) in [4.78, 5) is 25.4. The molecule has 1 heterocycles. The van der Waals surface area contributed by atoms with E-state index in [9.17, 15) is 9.59 Å². The van der Waals surface area contributed by atoms with Crippen molar-refractivity contribution >= 4 is 29.1 Å². The number of amides is 2. The Kier molecular flexibility index (Phi) is 5.19. The first-order valence-electron chi connectivity index (χ1n) is 6.58. The number of carbonyl (C=O) groups is 2. The van der Waals surface area contributed by atoms with Crippen LogP contribution in [0.15, 0.2) is 41.0 Å². The lowest BCUT2D eigenvalue weighted by Crippen LogP contribution is -2.35. The Morgan fingerprint density at radius 1 is 1.27 bits per heavy atom. The first kappa shape index (κ1) is 16.1. The molecule has 0 aliphatic carbocycles. The Morgan fingerprint density at radius 3 is 2.59 bits per heavy atom. The molecule has 0 spiro atoms. The highest BCUT2D eigenvalue weighted by Crippen LogP contribution is 2.14. The van der Waals surface area contributed by atoms with Crippen LogP contribution in [-0.2, 0) is 11.3 Å². The van der Waals surface area contributed by atoms with Crippen molar-refractivity contribution in [2.45, 2.75) is 6.54 Å². The minimum absolute atomic E-state index is 0.105. The van der Waals surface area contributed by atoms with E-state index in [1.807, 2.05) is 0 Å². The molecule has 2 amide bonds. The second-order valence-corrected chi connectivity index (χ2v) is 5.13. The molecule has 0 aliphatic heterocycles. The van der Waals surface area contributed by atoms with Gasteiger partial charge in [-0.25, -0.2) is 0 Å². The second-order valence-electron chi connectivity index (χ2n) is 4.70. The number of nitrogens with zero attached hydrogens (tertiary/aromatic N) is 1. The lowest BCUT2D eigenvalue weighted by molar-refractivity contribution is -0.116. The first-order chi connectivity index (χ1) is 10.5. The van der Waals surface area contributed by atoms with Crippen molar-refractivity contribution in [2.75, 3.05) is 18.9 Å². The summed E-state index contributed by atoms with van der Waals surface area (Å²) in [5.41, 5.74) is 6.74. The number of nitrogens with one attached hydrogen (secondary N) is 1. The van der Waals surface area contributed by atoms with Crippen molar-refractivity contribution in [2.24, 2.45) is 5.73 Å². The van der Waals surface area contributed by atoms with Gasteiger partial charge in [-0.2, -0.15) is 0 Å². The molecule has 2 aromatic rings. The molecule has 0 saturated heterocycles. The maximum atomic E-state index is 12.2. The van der Waals surface area contributed by atoms with Crippen LogP contribution in [0.4, 0.5) is 5.69 Å². The Hall–Kier alpha value is -2.31. The molecule has 0 atom stereocenters. The van der Waals surface area contributed by atoms with Crippen LogP contribution in [0.5, 0.6) is 0 Å². The number of nitrogens with two attached hydrogens (primary N) is 1. The molecule has 0 fully saturated rings. The summed E-state index contributed by atoms with van der Waals surface area (Å²) in [5, 5.41) is 3.26. The Bertz CT molecular complexity index is 667. The molecule has 6 nitrogen and oxygen atoms in total. The van der Waals surface area contributed by atoms with Crippen molar-refractivity contribution < 1.29 is 14.0 Å². The van der Waals surface area contributed by atoms with E-state index in [2.05, 4.69) is 5.32 Å². The summed E-state index contributed by atoms with van der Waals surface area (Å²) in [5.74, 6) is -0.556. The number of anilines is 1. The second kappa shape index (κ2) is 7.11. The van der Waals surface area contributed by atoms with Gasteiger partial charge in [-0.15, -0.1) is 0 Å². The van der Waals surface area contributed by atoms with Gasteiger partial charge in [0.1, 0.15) is 0 Å². The number of halogens is 1. The third-order valence-electron chi connectivity index (χ3n) is 3.02. The zero-order valence-corrected chi connectivity index (χ0v) is 12.8. The number of furan rings is 1.